The normalized spacial score (nSPS) is 70.2. The lowest BCUT2D eigenvalue weighted by molar-refractivity contribution is -0.267. The molecule has 4 nitrogen and oxygen atoms in total. The van der Waals surface area contributed by atoms with Crippen molar-refractivity contribution in [2.45, 2.75) is 68.3 Å². The maximum Gasteiger partial charge on any atom is 0.0867 e. The lowest BCUT2D eigenvalue weighted by Crippen LogP contribution is -2.64. The van der Waals surface area contributed by atoms with Crippen molar-refractivity contribution in [3.63, 3.8) is 0 Å². The molecule has 6 aliphatic rings. The Bertz CT molecular complexity index is 398. The number of nitrogens with zero attached hydrogens (tertiary/aromatic N) is 1. The van der Waals surface area contributed by atoms with E-state index in [1.54, 1.807) is 0 Å². The van der Waals surface area contributed by atoms with Gasteiger partial charge in [-0.25, -0.2) is 0 Å². The predicted molar refractivity (Wildman–Crippen MR) is 57.1 cm³/mol. The molecule has 4 saturated heterocycles. The molecule has 2 saturated carbocycles. The molecule has 4 aliphatic heterocycles. The number of ether oxygens (including phenoxy) is 2. The summed E-state index contributed by atoms with van der Waals surface area (Å²) in [5.41, 5.74) is 0. The molecule has 0 amide bonds. The highest BCUT2D eigenvalue weighted by molar-refractivity contribution is 5.15. The van der Waals surface area contributed by atoms with Gasteiger partial charge in [0.05, 0.1) is 30.5 Å². The highest BCUT2D eigenvalue weighted by atomic mass is 16.7. The largest absolute Gasteiger partial charge is 0.370 e. The first-order chi connectivity index (χ1) is 8.38. The minimum atomic E-state index is 0.464. The summed E-state index contributed by atoms with van der Waals surface area (Å²) in [6.07, 6.45) is 7.64. The van der Waals surface area contributed by atoms with E-state index in [9.17, 15) is 0 Å². The van der Waals surface area contributed by atoms with Crippen molar-refractivity contribution in [2.75, 3.05) is 0 Å². The maximum atomic E-state index is 6.20. The van der Waals surface area contributed by atoms with Crippen LogP contribution in [0.15, 0.2) is 0 Å². The van der Waals surface area contributed by atoms with Crippen molar-refractivity contribution in [2.24, 2.45) is 11.8 Å². The Hall–Kier alpha value is -0.160. The van der Waals surface area contributed by atoms with Crippen LogP contribution in [0.4, 0.5) is 0 Å². The average Bonchev–Trinajstić information content (AvgIpc) is 3.19. The number of fused-ring (bicyclic) bond motifs is 8. The van der Waals surface area contributed by atoms with Gasteiger partial charge in [-0.05, 0) is 25.2 Å². The molecule has 0 bridgehead atoms. The van der Waals surface area contributed by atoms with Crippen LogP contribution in [0.2, 0.25) is 0 Å². The van der Waals surface area contributed by atoms with Crippen LogP contribution in [0, 0.1) is 11.8 Å². The second-order valence-corrected chi connectivity index (χ2v) is 6.76. The van der Waals surface area contributed by atoms with Crippen LogP contribution in [0.1, 0.15) is 25.7 Å². The summed E-state index contributed by atoms with van der Waals surface area (Å²) in [5.74, 6) is 1.60. The summed E-state index contributed by atoms with van der Waals surface area (Å²) in [4.78, 5) is 6.20. The molecule has 9 unspecified atom stereocenters. The third kappa shape index (κ3) is 0.973. The molecular weight excluding hydrogens is 218 g/mol. The van der Waals surface area contributed by atoms with Gasteiger partial charge in [0.2, 0.25) is 0 Å². The number of hydroxylamine groups is 2. The molecule has 4 heteroatoms. The molecule has 2 aliphatic carbocycles. The third-order valence-electron chi connectivity index (χ3n) is 6.05. The van der Waals surface area contributed by atoms with E-state index < -0.39 is 0 Å². The fraction of sp³-hybridized carbons (Fsp3) is 1.00. The summed E-state index contributed by atoms with van der Waals surface area (Å²) in [6, 6.07) is 1.37. The smallest absolute Gasteiger partial charge is 0.0867 e. The van der Waals surface area contributed by atoms with E-state index in [0.717, 1.165) is 18.3 Å². The highest BCUT2D eigenvalue weighted by Gasteiger charge is 2.68. The first-order valence-corrected chi connectivity index (χ1v) is 7.14. The van der Waals surface area contributed by atoms with Crippen molar-refractivity contribution < 1.29 is 14.3 Å². The number of hydrogen-bond donors (Lipinski definition) is 0. The van der Waals surface area contributed by atoms with Gasteiger partial charge in [0.1, 0.15) is 0 Å². The zero-order valence-corrected chi connectivity index (χ0v) is 9.70. The van der Waals surface area contributed by atoms with E-state index >= 15 is 0 Å². The van der Waals surface area contributed by atoms with Gasteiger partial charge < -0.3 is 9.47 Å². The molecule has 6 fully saturated rings. The molecular formula is C13H17NO3. The monoisotopic (exact) mass is 235 g/mol. The van der Waals surface area contributed by atoms with Crippen LogP contribution >= 0.6 is 0 Å². The van der Waals surface area contributed by atoms with Crippen LogP contribution in [-0.4, -0.2) is 47.7 Å². The fourth-order valence-corrected chi connectivity index (χ4v) is 5.11. The first-order valence-electron chi connectivity index (χ1n) is 7.14. The number of epoxide rings is 2. The van der Waals surface area contributed by atoms with Crippen molar-refractivity contribution in [1.82, 2.24) is 5.06 Å². The van der Waals surface area contributed by atoms with Gasteiger partial charge in [0.25, 0.3) is 0 Å². The molecule has 4 heterocycles. The molecule has 0 N–H and O–H groups in total. The standard InChI is InChI=1S/C13H17NO3/c1-5-7(3-11-9(1)15-11)14-13(5)6-2-10-12(16-10)4-8(6)17-14/h5-13H,1-4H2. The van der Waals surface area contributed by atoms with Crippen LogP contribution in [-0.2, 0) is 14.3 Å². The molecule has 0 radical (unpaired) electrons. The quantitative estimate of drug-likeness (QED) is 0.579. The molecule has 17 heavy (non-hydrogen) atoms. The van der Waals surface area contributed by atoms with E-state index in [-0.39, 0.29) is 0 Å². The Kier molecular flexibility index (Phi) is 1.34. The Morgan fingerprint density at radius 3 is 2.29 bits per heavy atom. The second-order valence-electron chi connectivity index (χ2n) is 6.76. The number of rotatable bonds is 0. The van der Waals surface area contributed by atoms with E-state index in [2.05, 4.69) is 5.06 Å². The summed E-state index contributed by atoms with van der Waals surface area (Å²) in [6.45, 7) is 0. The van der Waals surface area contributed by atoms with Crippen molar-refractivity contribution >= 4 is 0 Å². The predicted octanol–water partition coefficient (Wildman–Crippen LogP) is 0.708. The van der Waals surface area contributed by atoms with Gasteiger partial charge >= 0.3 is 0 Å². The van der Waals surface area contributed by atoms with E-state index in [4.69, 9.17) is 14.3 Å². The van der Waals surface area contributed by atoms with E-state index in [1.807, 2.05) is 0 Å². The first kappa shape index (κ1) is 8.86. The van der Waals surface area contributed by atoms with Gasteiger partial charge in [0, 0.05) is 24.4 Å². The fourth-order valence-electron chi connectivity index (χ4n) is 5.11. The van der Waals surface area contributed by atoms with Crippen molar-refractivity contribution in [3.05, 3.63) is 0 Å². The van der Waals surface area contributed by atoms with E-state index in [0.29, 0.717) is 42.6 Å². The summed E-state index contributed by atoms with van der Waals surface area (Å²) in [7, 11) is 0. The Morgan fingerprint density at radius 2 is 1.41 bits per heavy atom. The molecule has 0 spiro atoms. The van der Waals surface area contributed by atoms with Crippen LogP contribution in [0.3, 0.4) is 0 Å². The lowest BCUT2D eigenvalue weighted by atomic mass is 9.66. The molecule has 0 aromatic heterocycles. The average molecular weight is 235 g/mol. The van der Waals surface area contributed by atoms with Gasteiger partial charge in [-0.2, -0.15) is 5.06 Å². The second kappa shape index (κ2) is 2.57. The summed E-state index contributed by atoms with van der Waals surface area (Å²) in [5, 5.41) is 2.35. The van der Waals surface area contributed by atoms with Crippen molar-refractivity contribution in [3.8, 4) is 0 Å². The minimum absolute atomic E-state index is 0.464. The Balaban J connectivity index is 1.32. The van der Waals surface area contributed by atoms with E-state index in [1.165, 1.54) is 19.3 Å². The summed E-state index contributed by atoms with van der Waals surface area (Å²) < 4.78 is 11.3. The molecule has 9 atom stereocenters. The van der Waals surface area contributed by atoms with Gasteiger partial charge in [0.15, 0.2) is 0 Å². The SMILES string of the molecule is C1C2OC2CC2C1ON1C3CC4OC4CC3C21. The van der Waals surface area contributed by atoms with Crippen LogP contribution in [0.5, 0.6) is 0 Å². The van der Waals surface area contributed by atoms with Crippen LogP contribution < -0.4 is 0 Å². The van der Waals surface area contributed by atoms with Gasteiger partial charge in [-0.1, -0.05) is 0 Å². The molecule has 92 valence electrons. The highest BCUT2D eigenvalue weighted by Crippen LogP contribution is 2.59. The van der Waals surface area contributed by atoms with Gasteiger partial charge in [-0.15, -0.1) is 0 Å². The summed E-state index contributed by atoms with van der Waals surface area (Å²) >= 11 is 0. The minimum Gasteiger partial charge on any atom is -0.370 e. The molecule has 0 aromatic carbocycles. The molecule has 6 rings (SSSR count). The third-order valence-corrected chi connectivity index (χ3v) is 6.05. The maximum absolute atomic E-state index is 6.20. The Morgan fingerprint density at radius 1 is 0.706 bits per heavy atom. The zero-order valence-electron chi connectivity index (χ0n) is 9.70. The zero-order chi connectivity index (χ0) is 10.7. The van der Waals surface area contributed by atoms with Gasteiger partial charge in [-0.3, -0.25) is 4.84 Å². The van der Waals surface area contributed by atoms with Crippen LogP contribution in [0.25, 0.3) is 0 Å². The van der Waals surface area contributed by atoms with Crippen molar-refractivity contribution in [1.29, 1.82) is 0 Å². The topological polar surface area (TPSA) is 37.5 Å². The lowest BCUT2D eigenvalue weighted by Gasteiger charge is -2.52. The Labute approximate surface area is 100 Å². The number of hydrogen-bond acceptors (Lipinski definition) is 4. The molecule has 0 aromatic rings.